The minimum Gasteiger partial charge on any atom is -0.285 e. The van der Waals surface area contributed by atoms with Crippen molar-refractivity contribution in [2.75, 3.05) is 0 Å². The summed E-state index contributed by atoms with van der Waals surface area (Å²) >= 11 is 0. The summed E-state index contributed by atoms with van der Waals surface area (Å²) in [6.07, 6.45) is 1.84. The fourth-order valence-corrected chi connectivity index (χ4v) is 5.40. The topological polar surface area (TPSA) is 54.4 Å². The fourth-order valence-electron chi connectivity index (χ4n) is 3.67. The van der Waals surface area contributed by atoms with Crippen LogP contribution in [0.4, 0.5) is 0 Å². The van der Waals surface area contributed by atoms with Crippen LogP contribution in [0.3, 0.4) is 0 Å². The van der Waals surface area contributed by atoms with Crippen LogP contribution < -0.4 is 0 Å². The van der Waals surface area contributed by atoms with Gasteiger partial charge < -0.3 is 0 Å². The maximum Gasteiger partial charge on any atom is 0.268 e. The molecule has 19 heavy (non-hydrogen) atoms. The Bertz CT molecular complexity index is 366. The molecule has 0 bridgehead atoms. The lowest BCUT2D eigenvalue weighted by Crippen LogP contribution is -2.47. The first-order valence-corrected chi connectivity index (χ1v) is 9.02. The third kappa shape index (κ3) is 3.94. The van der Waals surface area contributed by atoms with Gasteiger partial charge in [-0.25, -0.2) is 0 Å². The van der Waals surface area contributed by atoms with Gasteiger partial charge in [0.2, 0.25) is 0 Å². The van der Waals surface area contributed by atoms with Gasteiger partial charge in [0, 0.05) is 0 Å². The van der Waals surface area contributed by atoms with Gasteiger partial charge in [-0.3, -0.25) is 4.55 Å². The van der Waals surface area contributed by atoms with E-state index in [9.17, 15) is 13.0 Å². The second kappa shape index (κ2) is 6.13. The van der Waals surface area contributed by atoms with Gasteiger partial charge in [0.05, 0.1) is 5.25 Å². The number of hydrogen-bond acceptors (Lipinski definition) is 2. The summed E-state index contributed by atoms with van der Waals surface area (Å²) in [5.74, 6) is 1.86. The first kappa shape index (κ1) is 17.0. The van der Waals surface area contributed by atoms with Crippen LogP contribution in [0.1, 0.15) is 54.4 Å². The first-order chi connectivity index (χ1) is 8.55. The van der Waals surface area contributed by atoms with Crippen LogP contribution in [0.15, 0.2) is 0 Å². The van der Waals surface area contributed by atoms with E-state index in [1.807, 2.05) is 0 Å². The second-order valence-corrected chi connectivity index (χ2v) is 8.85. The van der Waals surface area contributed by atoms with Gasteiger partial charge in [0.25, 0.3) is 10.1 Å². The lowest BCUT2D eigenvalue weighted by Gasteiger charge is -2.45. The van der Waals surface area contributed by atoms with E-state index >= 15 is 0 Å². The van der Waals surface area contributed by atoms with Gasteiger partial charge in [0.15, 0.2) is 0 Å². The molecule has 0 spiro atoms. The van der Waals surface area contributed by atoms with Crippen LogP contribution >= 0.6 is 0 Å². The molecule has 2 atom stereocenters. The SMILES string of the molecule is CC(C)C1CC(C(C)C)C(S(=O)(=O)O)C(C(C)C)C1. The van der Waals surface area contributed by atoms with E-state index in [1.54, 1.807) is 0 Å². The van der Waals surface area contributed by atoms with Crippen LogP contribution in [-0.2, 0) is 10.1 Å². The lowest BCUT2D eigenvalue weighted by atomic mass is 9.65. The molecule has 0 aliphatic heterocycles. The minimum atomic E-state index is -3.96. The summed E-state index contributed by atoms with van der Waals surface area (Å²) in [7, 11) is -3.96. The average molecular weight is 290 g/mol. The third-order valence-electron chi connectivity index (χ3n) is 4.99. The fraction of sp³-hybridized carbons (Fsp3) is 1.00. The average Bonchev–Trinajstić information content (AvgIpc) is 2.25. The Morgan fingerprint density at radius 3 is 1.42 bits per heavy atom. The Kier molecular flexibility index (Phi) is 5.47. The van der Waals surface area contributed by atoms with Crippen LogP contribution in [0, 0.1) is 35.5 Å². The molecule has 1 rings (SSSR count). The molecule has 0 aromatic carbocycles. The van der Waals surface area contributed by atoms with E-state index in [1.165, 1.54) is 0 Å². The zero-order chi connectivity index (χ0) is 15.0. The van der Waals surface area contributed by atoms with E-state index in [0.717, 1.165) is 12.8 Å². The molecule has 1 aliphatic carbocycles. The highest BCUT2D eigenvalue weighted by Crippen LogP contribution is 2.45. The first-order valence-electron chi connectivity index (χ1n) is 7.52. The maximum atomic E-state index is 11.8. The summed E-state index contributed by atoms with van der Waals surface area (Å²) in [6.45, 7) is 12.7. The quantitative estimate of drug-likeness (QED) is 0.800. The summed E-state index contributed by atoms with van der Waals surface area (Å²) in [4.78, 5) is 0. The van der Waals surface area contributed by atoms with Crippen LogP contribution in [0.25, 0.3) is 0 Å². The van der Waals surface area contributed by atoms with E-state index in [2.05, 4.69) is 41.5 Å². The summed E-state index contributed by atoms with van der Waals surface area (Å²) in [5.41, 5.74) is 0. The molecule has 1 saturated carbocycles. The molecule has 0 aromatic heterocycles. The molecular formula is C15H30O3S. The Hall–Kier alpha value is -0.0900. The van der Waals surface area contributed by atoms with Gasteiger partial charge in [-0.1, -0.05) is 41.5 Å². The van der Waals surface area contributed by atoms with Gasteiger partial charge in [-0.2, -0.15) is 8.42 Å². The predicted molar refractivity (Wildman–Crippen MR) is 79.6 cm³/mol. The van der Waals surface area contributed by atoms with E-state index in [0.29, 0.717) is 11.8 Å². The van der Waals surface area contributed by atoms with Crippen LogP contribution in [-0.4, -0.2) is 18.2 Å². The van der Waals surface area contributed by atoms with Crippen molar-refractivity contribution in [3.8, 4) is 0 Å². The minimum absolute atomic E-state index is 0.0727. The molecular weight excluding hydrogens is 260 g/mol. The van der Waals surface area contributed by atoms with Gasteiger partial charge in [0.1, 0.15) is 0 Å². The molecule has 0 saturated heterocycles. The summed E-state index contributed by atoms with van der Waals surface area (Å²) in [5, 5.41) is -0.581. The van der Waals surface area contributed by atoms with E-state index in [-0.39, 0.29) is 23.7 Å². The van der Waals surface area contributed by atoms with Crippen molar-refractivity contribution >= 4 is 10.1 Å². The Morgan fingerprint density at radius 1 is 0.842 bits per heavy atom. The van der Waals surface area contributed by atoms with E-state index < -0.39 is 15.4 Å². The zero-order valence-corrected chi connectivity index (χ0v) is 13.9. The molecule has 0 aromatic rings. The zero-order valence-electron chi connectivity index (χ0n) is 13.1. The molecule has 3 nitrogen and oxygen atoms in total. The van der Waals surface area contributed by atoms with E-state index in [4.69, 9.17) is 0 Å². The lowest BCUT2D eigenvalue weighted by molar-refractivity contribution is 0.102. The predicted octanol–water partition coefficient (Wildman–Crippen LogP) is 3.85. The maximum absolute atomic E-state index is 11.8. The largest absolute Gasteiger partial charge is 0.285 e. The smallest absolute Gasteiger partial charge is 0.268 e. The van der Waals surface area contributed by atoms with Gasteiger partial charge >= 0.3 is 0 Å². The molecule has 1 fully saturated rings. The van der Waals surface area contributed by atoms with Crippen LogP contribution in [0.2, 0.25) is 0 Å². The third-order valence-corrected chi connectivity index (χ3v) is 6.38. The monoisotopic (exact) mass is 290 g/mol. The molecule has 0 amide bonds. The Labute approximate surface area is 118 Å². The van der Waals surface area contributed by atoms with Crippen molar-refractivity contribution in [2.45, 2.75) is 59.6 Å². The summed E-state index contributed by atoms with van der Waals surface area (Å²) < 4.78 is 33.4. The van der Waals surface area contributed by atoms with Gasteiger partial charge in [-0.05, 0) is 48.3 Å². The standard InChI is InChI=1S/C15H30O3S/c1-9(2)12-7-13(10(3)4)15(19(16,17)18)14(8-12)11(5)6/h9-15H,7-8H2,1-6H3,(H,16,17,18). The highest BCUT2D eigenvalue weighted by Gasteiger charge is 2.46. The number of hydrogen-bond donors (Lipinski definition) is 1. The second-order valence-electron chi connectivity index (χ2n) is 7.27. The van der Waals surface area contributed by atoms with Crippen molar-refractivity contribution in [3.05, 3.63) is 0 Å². The normalized spacial score (nSPS) is 33.4. The van der Waals surface area contributed by atoms with Crippen molar-refractivity contribution in [2.24, 2.45) is 35.5 Å². The van der Waals surface area contributed by atoms with Crippen molar-refractivity contribution in [1.82, 2.24) is 0 Å². The summed E-state index contributed by atoms with van der Waals surface area (Å²) in [6, 6.07) is 0. The van der Waals surface area contributed by atoms with Gasteiger partial charge in [-0.15, -0.1) is 0 Å². The molecule has 4 heteroatoms. The van der Waals surface area contributed by atoms with Crippen molar-refractivity contribution < 1.29 is 13.0 Å². The molecule has 0 heterocycles. The highest BCUT2D eigenvalue weighted by atomic mass is 32.2. The molecule has 1 aliphatic rings. The molecule has 1 N–H and O–H groups in total. The Balaban J connectivity index is 3.15. The molecule has 2 unspecified atom stereocenters. The number of rotatable bonds is 4. The highest BCUT2D eigenvalue weighted by molar-refractivity contribution is 7.86. The Morgan fingerprint density at radius 2 is 1.21 bits per heavy atom. The van der Waals surface area contributed by atoms with Crippen molar-refractivity contribution in [1.29, 1.82) is 0 Å². The molecule has 0 radical (unpaired) electrons. The molecule has 114 valence electrons. The van der Waals surface area contributed by atoms with Crippen molar-refractivity contribution in [3.63, 3.8) is 0 Å². The van der Waals surface area contributed by atoms with Crippen LogP contribution in [0.5, 0.6) is 0 Å².